The van der Waals surface area contributed by atoms with Gasteiger partial charge in [-0.3, -0.25) is 9.78 Å². The number of benzene rings is 1. The summed E-state index contributed by atoms with van der Waals surface area (Å²) in [4.78, 5) is 16.0. The van der Waals surface area contributed by atoms with E-state index in [2.05, 4.69) is 20.9 Å². The van der Waals surface area contributed by atoms with Gasteiger partial charge in [-0.05, 0) is 42.3 Å². The second-order valence-corrected chi connectivity index (χ2v) is 4.98. The summed E-state index contributed by atoms with van der Waals surface area (Å²) in [6.07, 6.45) is 3.36. The summed E-state index contributed by atoms with van der Waals surface area (Å²) in [7, 11) is 0. The van der Waals surface area contributed by atoms with Crippen molar-refractivity contribution in [1.82, 2.24) is 4.98 Å². The van der Waals surface area contributed by atoms with Gasteiger partial charge >= 0.3 is 0 Å². The van der Waals surface area contributed by atoms with Gasteiger partial charge in [-0.25, -0.2) is 4.39 Å². The van der Waals surface area contributed by atoms with E-state index >= 15 is 0 Å². The first-order valence-electron chi connectivity index (χ1n) is 5.45. The molecule has 92 valence electrons. The van der Waals surface area contributed by atoms with Crippen LogP contribution in [0.5, 0.6) is 0 Å². The number of nitrogens with zero attached hydrogens (tertiary/aromatic N) is 1. The highest BCUT2D eigenvalue weighted by atomic mass is 79.9. The minimum absolute atomic E-state index is 0.0573. The molecular weight excluding hydrogens is 297 g/mol. The lowest BCUT2D eigenvalue weighted by atomic mass is 10.0. The Morgan fingerprint density at radius 2 is 2.17 bits per heavy atom. The summed E-state index contributed by atoms with van der Waals surface area (Å²) in [5, 5.41) is 0. The van der Waals surface area contributed by atoms with Crippen LogP contribution in [0.3, 0.4) is 0 Å². The molecule has 0 radical (unpaired) electrons. The minimum Gasteiger partial charge on any atom is -0.294 e. The first-order valence-corrected chi connectivity index (χ1v) is 6.24. The average Bonchev–Trinajstić information content (AvgIpc) is 2.27. The molecule has 0 unspecified atom stereocenters. The van der Waals surface area contributed by atoms with Crippen molar-refractivity contribution in [2.45, 2.75) is 13.3 Å². The van der Waals surface area contributed by atoms with E-state index in [9.17, 15) is 9.18 Å². The highest BCUT2D eigenvalue weighted by Crippen LogP contribution is 2.17. The van der Waals surface area contributed by atoms with Crippen LogP contribution in [0.2, 0.25) is 0 Å². The lowest BCUT2D eigenvalue weighted by Crippen LogP contribution is -2.06. The maximum atomic E-state index is 13.2. The molecule has 0 aliphatic carbocycles. The maximum absolute atomic E-state index is 13.2. The summed E-state index contributed by atoms with van der Waals surface area (Å²) < 4.78 is 13.8. The van der Waals surface area contributed by atoms with Crippen molar-refractivity contribution in [3.05, 3.63) is 63.6 Å². The number of rotatable bonds is 3. The van der Waals surface area contributed by atoms with E-state index in [1.54, 1.807) is 24.5 Å². The van der Waals surface area contributed by atoms with Crippen LogP contribution < -0.4 is 0 Å². The van der Waals surface area contributed by atoms with E-state index in [0.717, 1.165) is 5.56 Å². The predicted octanol–water partition coefficient (Wildman–Crippen LogP) is 3.72. The van der Waals surface area contributed by atoms with E-state index in [1.807, 2.05) is 6.92 Å². The number of halogens is 2. The first kappa shape index (κ1) is 12.9. The van der Waals surface area contributed by atoms with Crippen LogP contribution in [0.25, 0.3) is 0 Å². The lowest BCUT2D eigenvalue weighted by molar-refractivity contribution is 0.0992. The molecule has 0 N–H and O–H groups in total. The number of ketones is 1. The van der Waals surface area contributed by atoms with Gasteiger partial charge in [-0.1, -0.05) is 15.9 Å². The van der Waals surface area contributed by atoms with Crippen LogP contribution >= 0.6 is 15.9 Å². The Bertz CT molecular complexity index is 578. The van der Waals surface area contributed by atoms with E-state index < -0.39 is 0 Å². The number of hydrogen-bond donors (Lipinski definition) is 0. The Hall–Kier alpha value is -1.55. The van der Waals surface area contributed by atoms with Crippen molar-refractivity contribution in [2.24, 2.45) is 0 Å². The van der Waals surface area contributed by atoms with Gasteiger partial charge in [0, 0.05) is 28.9 Å². The van der Waals surface area contributed by atoms with Gasteiger partial charge in [0.25, 0.3) is 0 Å². The van der Waals surface area contributed by atoms with Gasteiger partial charge < -0.3 is 0 Å². The fourth-order valence-corrected chi connectivity index (χ4v) is 2.26. The van der Waals surface area contributed by atoms with Gasteiger partial charge in [-0.2, -0.15) is 0 Å². The fraction of sp³-hybridized carbons (Fsp3) is 0.143. The molecular formula is C14H11BrFNO. The molecule has 0 aliphatic heterocycles. The van der Waals surface area contributed by atoms with E-state index in [4.69, 9.17) is 0 Å². The molecule has 1 aromatic heterocycles. The van der Waals surface area contributed by atoms with E-state index in [0.29, 0.717) is 15.6 Å². The summed E-state index contributed by atoms with van der Waals surface area (Å²) in [6, 6.07) is 6.26. The summed E-state index contributed by atoms with van der Waals surface area (Å²) in [6.45, 7) is 1.86. The average molecular weight is 308 g/mol. The van der Waals surface area contributed by atoms with Crippen LogP contribution in [-0.4, -0.2) is 10.8 Å². The van der Waals surface area contributed by atoms with Gasteiger partial charge in [0.15, 0.2) is 5.78 Å². The van der Waals surface area contributed by atoms with E-state index in [1.165, 1.54) is 12.1 Å². The number of carbonyl (C=O) groups excluding carboxylic acids is 1. The third-order valence-corrected chi connectivity index (χ3v) is 3.08. The first-order chi connectivity index (χ1) is 8.56. The van der Waals surface area contributed by atoms with Crippen LogP contribution in [-0.2, 0) is 6.42 Å². The summed E-state index contributed by atoms with van der Waals surface area (Å²) >= 11 is 3.21. The maximum Gasteiger partial charge on any atom is 0.169 e. The molecule has 0 spiro atoms. The molecule has 4 heteroatoms. The summed E-state index contributed by atoms with van der Waals surface area (Å²) in [5.41, 5.74) is 2.11. The van der Waals surface area contributed by atoms with Crippen LogP contribution in [0.4, 0.5) is 4.39 Å². The highest BCUT2D eigenvalue weighted by Gasteiger charge is 2.11. The van der Waals surface area contributed by atoms with Crippen LogP contribution in [0.15, 0.2) is 41.1 Å². The molecule has 1 aromatic carbocycles. The predicted molar refractivity (Wildman–Crippen MR) is 71.1 cm³/mol. The third kappa shape index (κ3) is 3.01. The van der Waals surface area contributed by atoms with Crippen molar-refractivity contribution in [2.75, 3.05) is 0 Å². The SMILES string of the molecule is Cc1ccncc1C(=O)Cc1cc(F)cc(Br)c1. The Kier molecular flexibility index (Phi) is 3.87. The molecule has 2 aromatic rings. The topological polar surface area (TPSA) is 30.0 Å². The van der Waals surface area contributed by atoms with Crippen molar-refractivity contribution in [1.29, 1.82) is 0 Å². The van der Waals surface area contributed by atoms with E-state index in [-0.39, 0.29) is 18.0 Å². The molecule has 0 amide bonds. The van der Waals surface area contributed by atoms with Crippen LogP contribution in [0.1, 0.15) is 21.5 Å². The van der Waals surface area contributed by atoms with Crippen molar-refractivity contribution >= 4 is 21.7 Å². The Morgan fingerprint density at radius 3 is 2.83 bits per heavy atom. The van der Waals surface area contributed by atoms with Crippen molar-refractivity contribution < 1.29 is 9.18 Å². The third-order valence-electron chi connectivity index (χ3n) is 2.63. The second-order valence-electron chi connectivity index (χ2n) is 4.07. The Balaban J connectivity index is 2.24. The van der Waals surface area contributed by atoms with Gasteiger partial charge in [0.05, 0.1) is 0 Å². The normalized spacial score (nSPS) is 10.4. The zero-order chi connectivity index (χ0) is 13.1. The standard InChI is InChI=1S/C14H11BrFNO/c1-9-2-3-17-8-13(9)14(18)6-10-4-11(15)7-12(16)5-10/h2-5,7-8H,6H2,1H3. The molecule has 1 heterocycles. The van der Waals surface area contributed by atoms with Gasteiger partial charge in [0.1, 0.15) is 5.82 Å². The largest absolute Gasteiger partial charge is 0.294 e. The van der Waals surface area contributed by atoms with Gasteiger partial charge in [-0.15, -0.1) is 0 Å². The molecule has 0 aliphatic rings. The number of hydrogen-bond acceptors (Lipinski definition) is 2. The number of Topliss-reactive ketones (excluding diaryl/α,β-unsaturated/α-hetero) is 1. The van der Waals surface area contributed by atoms with Gasteiger partial charge in [0.2, 0.25) is 0 Å². The Labute approximate surface area is 113 Å². The molecule has 0 bridgehead atoms. The molecule has 0 fully saturated rings. The number of aromatic nitrogens is 1. The summed E-state index contributed by atoms with van der Waals surface area (Å²) in [5.74, 6) is -0.409. The number of carbonyl (C=O) groups is 1. The quantitative estimate of drug-likeness (QED) is 0.809. The molecule has 2 nitrogen and oxygen atoms in total. The second kappa shape index (κ2) is 5.40. The molecule has 0 saturated carbocycles. The molecule has 0 atom stereocenters. The smallest absolute Gasteiger partial charge is 0.169 e. The minimum atomic E-state index is -0.352. The molecule has 18 heavy (non-hydrogen) atoms. The van der Waals surface area contributed by atoms with Crippen LogP contribution in [0, 0.1) is 12.7 Å². The monoisotopic (exact) mass is 307 g/mol. The fourth-order valence-electron chi connectivity index (χ4n) is 1.75. The number of aryl methyl sites for hydroxylation is 1. The molecule has 2 rings (SSSR count). The Morgan fingerprint density at radius 1 is 1.39 bits per heavy atom. The zero-order valence-corrected chi connectivity index (χ0v) is 11.4. The molecule has 0 saturated heterocycles. The zero-order valence-electron chi connectivity index (χ0n) is 9.78. The highest BCUT2D eigenvalue weighted by molar-refractivity contribution is 9.10. The van der Waals surface area contributed by atoms with Crippen molar-refractivity contribution in [3.8, 4) is 0 Å². The van der Waals surface area contributed by atoms with Crippen molar-refractivity contribution in [3.63, 3.8) is 0 Å². The number of pyridine rings is 1. The lowest BCUT2D eigenvalue weighted by Gasteiger charge is -2.05.